The van der Waals surface area contributed by atoms with Gasteiger partial charge in [0.05, 0.1) is 11.2 Å². The third kappa shape index (κ3) is 1.69. The Morgan fingerprint density at radius 1 is 0.850 bits per heavy atom. The van der Waals surface area contributed by atoms with Crippen LogP contribution < -0.4 is 4.90 Å². The van der Waals surface area contributed by atoms with E-state index < -0.39 is 0 Å². The molecule has 20 heavy (non-hydrogen) atoms. The van der Waals surface area contributed by atoms with Gasteiger partial charge in [0.25, 0.3) is 0 Å². The molecule has 96 valence electrons. The average Bonchev–Trinajstić information content (AvgIpc) is 2.54. The Labute approximate surface area is 118 Å². The lowest BCUT2D eigenvalue weighted by molar-refractivity contribution is 1.09. The third-order valence-corrected chi connectivity index (χ3v) is 3.73. The summed E-state index contributed by atoms with van der Waals surface area (Å²) < 4.78 is 0. The lowest BCUT2D eigenvalue weighted by atomic mass is 10.1. The van der Waals surface area contributed by atoms with Crippen LogP contribution in [0.3, 0.4) is 0 Å². The van der Waals surface area contributed by atoms with Crippen molar-refractivity contribution in [2.75, 3.05) is 11.4 Å². The summed E-state index contributed by atoms with van der Waals surface area (Å²) in [4.78, 5) is 6.79. The highest BCUT2D eigenvalue weighted by Gasteiger charge is 2.16. The molecule has 0 atom stereocenters. The SMILES string of the molecule is C1=Cc2ccccc2N(c2ccnc3ccccc23)C1. The van der Waals surface area contributed by atoms with Crippen LogP contribution in [-0.4, -0.2) is 11.5 Å². The van der Waals surface area contributed by atoms with Gasteiger partial charge < -0.3 is 4.90 Å². The van der Waals surface area contributed by atoms with Crippen LogP contribution in [0.4, 0.5) is 11.4 Å². The molecule has 2 heterocycles. The molecular formula is C18H14N2. The molecule has 0 fully saturated rings. The molecule has 2 nitrogen and oxygen atoms in total. The Bertz CT molecular complexity index is 800. The Morgan fingerprint density at radius 2 is 1.70 bits per heavy atom. The van der Waals surface area contributed by atoms with Gasteiger partial charge in [-0.2, -0.15) is 0 Å². The lowest BCUT2D eigenvalue weighted by Crippen LogP contribution is -2.20. The number of anilines is 2. The summed E-state index contributed by atoms with van der Waals surface area (Å²) in [5.74, 6) is 0. The van der Waals surface area contributed by atoms with Gasteiger partial charge in [-0.1, -0.05) is 48.6 Å². The molecule has 3 aromatic rings. The number of fused-ring (bicyclic) bond motifs is 2. The summed E-state index contributed by atoms with van der Waals surface area (Å²) in [6, 6.07) is 18.9. The number of hydrogen-bond donors (Lipinski definition) is 0. The van der Waals surface area contributed by atoms with Crippen LogP contribution in [0.25, 0.3) is 17.0 Å². The van der Waals surface area contributed by atoms with Crippen molar-refractivity contribution in [3.8, 4) is 0 Å². The first-order valence-corrected chi connectivity index (χ1v) is 6.80. The molecule has 0 spiro atoms. The molecule has 2 aromatic carbocycles. The molecule has 0 saturated heterocycles. The second-order valence-corrected chi connectivity index (χ2v) is 4.92. The Morgan fingerprint density at radius 3 is 2.70 bits per heavy atom. The van der Waals surface area contributed by atoms with E-state index >= 15 is 0 Å². The summed E-state index contributed by atoms with van der Waals surface area (Å²) in [7, 11) is 0. The number of rotatable bonds is 1. The van der Waals surface area contributed by atoms with E-state index in [1.54, 1.807) is 0 Å². The molecule has 1 aliphatic heterocycles. The molecule has 1 aromatic heterocycles. The number of nitrogens with zero attached hydrogens (tertiary/aromatic N) is 2. The molecule has 0 N–H and O–H groups in total. The highest BCUT2D eigenvalue weighted by Crippen LogP contribution is 2.35. The van der Waals surface area contributed by atoms with Crippen LogP contribution >= 0.6 is 0 Å². The van der Waals surface area contributed by atoms with Crippen molar-refractivity contribution < 1.29 is 0 Å². The monoisotopic (exact) mass is 258 g/mol. The van der Waals surface area contributed by atoms with Crippen molar-refractivity contribution >= 4 is 28.4 Å². The first kappa shape index (κ1) is 11.2. The minimum absolute atomic E-state index is 0.894. The third-order valence-electron chi connectivity index (χ3n) is 3.73. The van der Waals surface area contributed by atoms with E-state index in [9.17, 15) is 0 Å². The minimum Gasteiger partial charge on any atom is -0.336 e. The molecule has 1 aliphatic rings. The molecule has 0 unspecified atom stereocenters. The zero-order valence-corrected chi connectivity index (χ0v) is 11.0. The fourth-order valence-corrected chi connectivity index (χ4v) is 2.80. The smallest absolute Gasteiger partial charge is 0.0722 e. The Kier molecular flexibility index (Phi) is 2.52. The second kappa shape index (κ2) is 4.49. The highest BCUT2D eigenvalue weighted by molar-refractivity contribution is 5.95. The number of hydrogen-bond acceptors (Lipinski definition) is 2. The van der Waals surface area contributed by atoms with Crippen molar-refractivity contribution in [1.29, 1.82) is 0 Å². The number of benzene rings is 2. The number of para-hydroxylation sites is 2. The molecule has 0 saturated carbocycles. The van der Waals surface area contributed by atoms with E-state index in [4.69, 9.17) is 0 Å². The second-order valence-electron chi connectivity index (χ2n) is 4.92. The minimum atomic E-state index is 0.894. The van der Waals surface area contributed by atoms with Gasteiger partial charge in [-0.05, 0) is 23.8 Å². The van der Waals surface area contributed by atoms with Crippen molar-refractivity contribution in [2.24, 2.45) is 0 Å². The molecule has 4 rings (SSSR count). The Balaban J connectivity index is 1.95. The van der Waals surface area contributed by atoms with E-state index in [2.05, 4.69) is 70.6 Å². The van der Waals surface area contributed by atoms with Gasteiger partial charge in [0, 0.05) is 23.8 Å². The molecule has 2 heteroatoms. The summed E-state index contributed by atoms with van der Waals surface area (Å²) in [5.41, 5.74) is 4.77. The molecule has 0 aliphatic carbocycles. The summed E-state index contributed by atoms with van der Waals surface area (Å²) in [6.45, 7) is 0.894. The van der Waals surface area contributed by atoms with Gasteiger partial charge in [-0.25, -0.2) is 0 Å². The number of aromatic nitrogens is 1. The van der Waals surface area contributed by atoms with Gasteiger partial charge in [0.2, 0.25) is 0 Å². The van der Waals surface area contributed by atoms with Gasteiger partial charge in [0.1, 0.15) is 0 Å². The van der Waals surface area contributed by atoms with Crippen LogP contribution in [0.15, 0.2) is 66.9 Å². The normalized spacial score (nSPS) is 13.5. The van der Waals surface area contributed by atoms with Crippen molar-refractivity contribution in [3.05, 3.63) is 72.4 Å². The number of pyridine rings is 1. The standard InChI is InChI=1S/C18H14N2/c1-4-10-17-14(6-1)7-5-13-20(17)18-11-12-19-16-9-3-2-8-15(16)18/h1-12H,13H2. The maximum absolute atomic E-state index is 4.45. The molecule has 0 radical (unpaired) electrons. The van der Waals surface area contributed by atoms with E-state index in [-0.39, 0.29) is 0 Å². The van der Waals surface area contributed by atoms with Gasteiger partial charge in [0.15, 0.2) is 0 Å². The van der Waals surface area contributed by atoms with Gasteiger partial charge >= 0.3 is 0 Å². The fraction of sp³-hybridized carbons (Fsp3) is 0.0556. The van der Waals surface area contributed by atoms with E-state index in [1.807, 2.05) is 12.3 Å². The summed E-state index contributed by atoms with van der Waals surface area (Å²) in [6.07, 6.45) is 6.28. The topological polar surface area (TPSA) is 16.1 Å². The zero-order chi connectivity index (χ0) is 13.4. The lowest BCUT2D eigenvalue weighted by Gasteiger charge is -2.29. The highest BCUT2D eigenvalue weighted by atomic mass is 15.1. The maximum atomic E-state index is 4.45. The molecule has 0 bridgehead atoms. The predicted octanol–water partition coefficient (Wildman–Crippen LogP) is 4.40. The van der Waals surface area contributed by atoms with E-state index in [0.29, 0.717) is 0 Å². The van der Waals surface area contributed by atoms with Crippen LogP contribution in [0, 0.1) is 0 Å². The van der Waals surface area contributed by atoms with Gasteiger partial charge in [-0.3, -0.25) is 4.98 Å². The predicted molar refractivity (Wildman–Crippen MR) is 84.2 cm³/mol. The van der Waals surface area contributed by atoms with Crippen molar-refractivity contribution in [3.63, 3.8) is 0 Å². The maximum Gasteiger partial charge on any atom is 0.0722 e. The summed E-state index contributed by atoms with van der Waals surface area (Å²) in [5, 5.41) is 1.19. The van der Waals surface area contributed by atoms with Crippen molar-refractivity contribution in [2.45, 2.75) is 0 Å². The average molecular weight is 258 g/mol. The van der Waals surface area contributed by atoms with E-state index in [0.717, 1.165) is 12.1 Å². The van der Waals surface area contributed by atoms with Crippen LogP contribution in [-0.2, 0) is 0 Å². The largest absolute Gasteiger partial charge is 0.336 e. The first-order chi connectivity index (χ1) is 9.93. The van der Waals surface area contributed by atoms with Crippen LogP contribution in [0.5, 0.6) is 0 Å². The molecular weight excluding hydrogens is 244 g/mol. The Hall–Kier alpha value is -2.61. The van der Waals surface area contributed by atoms with Crippen LogP contribution in [0.2, 0.25) is 0 Å². The molecule has 0 amide bonds. The quantitative estimate of drug-likeness (QED) is 0.643. The first-order valence-electron chi connectivity index (χ1n) is 6.80. The van der Waals surface area contributed by atoms with E-state index in [1.165, 1.54) is 22.3 Å². The zero-order valence-electron chi connectivity index (χ0n) is 11.0. The van der Waals surface area contributed by atoms with Crippen LogP contribution in [0.1, 0.15) is 5.56 Å². The fourth-order valence-electron chi connectivity index (χ4n) is 2.80. The summed E-state index contributed by atoms with van der Waals surface area (Å²) >= 11 is 0. The van der Waals surface area contributed by atoms with Crippen molar-refractivity contribution in [1.82, 2.24) is 4.98 Å². The van der Waals surface area contributed by atoms with Gasteiger partial charge in [-0.15, -0.1) is 0 Å².